The molecule has 0 aromatic rings. The van der Waals surface area contributed by atoms with Crippen LogP contribution in [-0.2, 0) is 19.1 Å². The summed E-state index contributed by atoms with van der Waals surface area (Å²) in [6.07, 6.45) is 0. The zero-order valence-electron chi connectivity index (χ0n) is 6.92. The average Bonchev–Trinajstić information content (AvgIpc) is 1.79. The van der Waals surface area contributed by atoms with Crippen molar-refractivity contribution in [2.24, 2.45) is 0 Å². The number of hydrogen-bond donors (Lipinski definition) is 0. The first kappa shape index (κ1) is 9.94. The van der Waals surface area contributed by atoms with Crippen molar-refractivity contribution in [3.63, 3.8) is 0 Å². The zero-order valence-corrected chi connectivity index (χ0v) is 6.92. The predicted molar refractivity (Wildman–Crippen MR) is 37.9 cm³/mol. The van der Waals surface area contributed by atoms with Crippen LogP contribution in [0, 0.1) is 0 Å². The van der Waals surface area contributed by atoms with E-state index in [4.69, 9.17) is 4.74 Å². The van der Waals surface area contributed by atoms with Crippen LogP contribution in [0.5, 0.6) is 0 Å². The van der Waals surface area contributed by atoms with Gasteiger partial charge < -0.3 is 9.47 Å². The van der Waals surface area contributed by atoms with Crippen molar-refractivity contribution in [1.29, 1.82) is 0 Å². The third kappa shape index (κ3) is 6.83. The average molecular weight is 160 g/mol. The van der Waals surface area contributed by atoms with Crippen molar-refractivity contribution in [2.75, 3.05) is 6.61 Å². The van der Waals surface area contributed by atoms with Gasteiger partial charge in [0.2, 0.25) is 0 Å². The highest BCUT2D eigenvalue weighted by atomic mass is 16.6. The maximum atomic E-state index is 10.7. The highest BCUT2D eigenvalue weighted by Gasteiger charge is 2.15. The van der Waals surface area contributed by atoms with Gasteiger partial charge in [-0.15, -0.1) is 0 Å². The van der Waals surface area contributed by atoms with Crippen LogP contribution < -0.4 is 0 Å². The van der Waals surface area contributed by atoms with Crippen LogP contribution in [0.4, 0.5) is 0 Å². The largest absolute Gasteiger partial charge is 0.457 e. The Balaban J connectivity index is 3.61. The van der Waals surface area contributed by atoms with Crippen molar-refractivity contribution in [3.8, 4) is 0 Å². The summed E-state index contributed by atoms with van der Waals surface area (Å²) in [7, 11) is 0. The summed E-state index contributed by atoms with van der Waals surface area (Å²) in [5.74, 6) is -0.537. The summed E-state index contributed by atoms with van der Waals surface area (Å²) in [5, 5.41) is 0. The topological polar surface area (TPSA) is 52.6 Å². The maximum absolute atomic E-state index is 10.7. The van der Waals surface area contributed by atoms with Gasteiger partial charge in [0, 0.05) is 0 Å². The molecule has 0 N–H and O–H groups in total. The summed E-state index contributed by atoms with van der Waals surface area (Å²) >= 11 is 0. The SMILES string of the molecule is CC(C)(C)OC(=O)COC=O. The molecular weight excluding hydrogens is 148 g/mol. The lowest BCUT2D eigenvalue weighted by atomic mass is 10.2. The zero-order chi connectivity index (χ0) is 8.91. The molecule has 0 aromatic carbocycles. The summed E-state index contributed by atoms with van der Waals surface area (Å²) in [4.78, 5) is 20.4. The van der Waals surface area contributed by atoms with Crippen LogP contribution >= 0.6 is 0 Å². The smallest absolute Gasteiger partial charge is 0.344 e. The molecule has 0 unspecified atom stereocenters. The highest BCUT2D eigenvalue weighted by molar-refractivity contribution is 5.72. The van der Waals surface area contributed by atoms with Gasteiger partial charge in [0.1, 0.15) is 5.60 Å². The van der Waals surface area contributed by atoms with Gasteiger partial charge >= 0.3 is 5.97 Å². The number of carbonyl (C=O) groups is 2. The van der Waals surface area contributed by atoms with Crippen LogP contribution in [-0.4, -0.2) is 24.6 Å². The second-order valence-corrected chi connectivity index (χ2v) is 2.99. The Bertz CT molecular complexity index is 145. The molecule has 0 spiro atoms. The Kier molecular flexibility index (Phi) is 3.57. The molecule has 0 aliphatic heterocycles. The molecule has 0 aliphatic carbocycles. The molecule has 0 saturated carbocycles. The molecule has 0 radical (unpaired) electrons. The lowest BCUT2D eigenvalue weighted by molar-refractivity contribution is -0.162. The monoisotopic (exact) mass is 160 g/mol. The van der Waals surface area contributed by atoms with Crippen LogP contribution in [0.25, 0.3) is 0 Å². The summed E-state index contributed by atoms with van der Waals surface area (Å²) < 4.78 is 9.00. The van der Waals surface area contributed by atoms with E-state index in [-0.39, 0.29) is 13.1 Å². The van der Waals surface area contributed by atoms with Gasteiger partial charge in [0.15, 0.2) is 6.61 Å². The fourth-order valence-corrected chi connectivity index (χ4v) is 0.473. The number of ether oxygens (including phenoxy) is 2. The van der Waals surface area contributed by atoms with E-state index in [0.717, 1.165) is 0 Å². The molecule has 0 heterocycles. The standard InChI is InChI=1S/C7H12O4/c1-7(2,3)11-6(9)4-10-5-8/h5H,4H2,1-3H3. The number of carbonyl (C=O) groups excluding carboxylic acids is 2. The molecule has 0 atom stereocenters. The van der Waals surface area contributed by atoms with E-state index in [1.807, 2.05) is 0 Å². The van der Waals surface area contributed by atoms with Crippen LogP contribution in [0.15, 0.2) is 0 Å². The third-order valence-electron chi connectivity index (χ3n) is 0.689. The van der Waals surface area contributed by atoms with Gasteiger partial charge in [-0.05, 0) is 20.8 Å². The first-order valence-electron chi connectivity index (χ1n) is 3.23. The lowest BCUT2D eigenvalue weighted by Gasteiger charge is -2.18. The van der Waals surface area contributed by atoms with E-state index in [1.54, 1.807) is 20.8 Å². The molecular formula is C7H12O4. The summed E-state index contributed by atoms with van der Waals surface area (Å²) in [5.41, 5.74) is -0.524. The van der Waals surface area contributed by atoms with Gasteiger partial charge in [0.25, 0.3) is 6.47 Å². The number of esters is 1. The summed E-state index contributed by atoms with van der Waals surface area (Å²) in [6, 6.07) is 0. The first-order valence-corrected chi connectivity index (χ1v) is 3.23. The van der Waals surface area contributed by atoms with Crippen LogP contribution in [0.3, 0.4) is 0 Å². The van der Waals surface area contributed by atoms with Gasteiger partial charge in [0.05, 0.1) is 0 Å². The molecule has 64 valence electrons. The second kappa shape index (κ2) is 3.95. The van der Waals surface area contributed by atoms with Gasteiger partial charge in [-0.25, -0.2) is 4.79 Å². The van der Waals surface area contributed by atoms with Gasteiger partial charge in [-0.2, -0.15) is 0 Å². The number of rotatable bonds is 3. The molecule has 0 aliphatic rings. The molecule has 0 saturated heterocycles. The van der Waals surface area contributed by atoms with Crippen molar-refractivity contribution in [3.05, 3.63) is 0 Å². The second-order valence-electron chi connectivity index (χ2n) is 2.99. The fourth-order valence-electron chi connectivity index (χ4n) is 0.473. The summed E-state index contributed by atoms with van der Waals surface area (Å²) in [6.45, 7) is 5.12. The van der Waals surface area contributed by atoms with Crippen LogP contribution in [0.2, 0.25) is 0 Å². The quantitative estimate of drug-likeness (QED) is 0.445. The predicted octanol–water partition coefficient (Wildman–Crippen LogP) is 0.501. The Labute approximate surface area is 65.5 Å². The highest BCUT2D eigenvalue weighted by Crippen LogP contribution is 2.06. The Morgan fingerprint density at radius 2 is 2.00 bits per heavy atom. The Hall–Kier alpha value is -1.06. The van der Waals surface area contributed by atoms with E-state index >= 15 is 0 Å². The molecule has 4 heteroatoms. The minimum Gasteiger partial charge on any atom is -0.457 e. The van der Waals surface area contributed by atoms with E-state index in [2.05, 4.69) is 4.74 Å². The Morgan fingerprint density at radius 3 is 2.36 bits per heavy atom. The third-order valence-corrected chi connectivity index (χ3v) is 0.689. The van der Waals surface area contributed by atoms with Crippen LogP contribution in [0.1, 0.15) is 20.8 Å². The van der Waals surface area contributed by atoms with E-state index in [1.165, 1.54) is 0 Å². The van der Waals surface area contributed by atoms with Crippen molar-refractivity contribution in [1.82, 2.24) is 0 Å². The van der Waals surface area contributed by atoms with Crippen molar-refractivity contribution in [2.45, 2.75) is 26.4 Å². The molecule has 0 rings (SSSR count). The molecule has 0 bridgehead atoms. The van der Waals surface area contributed by atoms with E-state index < -0.39 is 11.6 Å². The van der Waals surface area contributed by atoms with Gasteiger partial charge in [-0.1, -0.05) is 0 Å². The molecule has 0 fully saturated rings. The minimum absolute atomic E-state index is 0.212. The number of hydrogen-bond acceptors (Lipinski definition) is 4. The molecule has 0 amide bonds. The van der Waals surface area contributed by atoms with E-state index in [0.29, 0.717) is 0 Å². The van der Waals surface area contributed by atoms with Gasteiger partial charge in [-0.3, -0.25) is 4.79 Å². The first-order chi connectivity index (χ1) is 4.95. The van der Waals surface area contributed by atoms with Crippen molar-refractivity contribution >= 4 is 12.4 Å². The van der Waals surface area contributed by atoms with E-state index in [9.17, 15) is 9.59 Å². The lowest BCUT2D eigenvalue weighted by Crippen LogP contribution is -2.26. The Morgan fingerprint density at radius 1 is 1.45 bits per heavy atom. The van der Waals surface area contributed by atoms with Crippen molar-refractivity contribution < 1.29 is 19.1 Å². The fraction of sp³-hybridized carbons (Fsp3) is 0.714. The minimum atomic E-state index is -0.537. The normalized spacial score (nSPS) is 10.5. The maximum Gasteiger partial charge on any atom is 0.344 e. The molecule has 11 heavy (non-hydrogen) atoms. The molecule has 0 aromatic heterocycles. The molecule has 4 nitrogen and oxygen atoms in total.